The maximum atomic E-state index is 12.0. The number of hydrogen-bond donors (Lipinski definition) is 1. The first-order valence-corrected chi connectivity index (χ1v) is 6.32. The lowest BCUT2D eigenvalue weighted by molar-refractivity contribution is -0.114. The van der Waals surface area contributed by atoms with Crippen LogP contribution in [0.5, 0.6) is 0 Å². The first-order valence-electron chi connectivity index (χ1n) is 5.94. The lowest BCUT2D eigenvalue weighted by atomic mass is 10.1. The number of aromatic carboxylic acids is 1. The number of fused-ring (bicyclic) bond motifs is 1. The van der Waals surface area contributed by atoms with Crippen LogP contribution in [0.3, 0.4) is 0 Å². The first kappa shape index (κ1) is 13.4. The molecule has 1 aliphatic rings. The van der Waals surface area contributed by atoms with E-state index in [0.29, 0.717) is 16.3 Å². The van der Waals surface area contributed by atoms with Crippen molar-refractivity contribution < 1.29 is 23.9 Å². The second-order valence-corrected chi connectivity index (χ2v) is 4.90. The van der Waals surface area contributed by atoms with E-state index in [9.17, 15) is 14.4 Å². The van der Waals surface area contributed by atoms with Crippen molar-refractivity contribution in [2.24, 2.45) is 0 Å². The quantitative estimate of drug-likeness (QED) is 0.879. The highest BCUT2D eigenvalue weighted by molar-refractivity contribution is 6.52. The molecule has 0 atom stereocenters. The summed E-state index contributed by atoms with van der Waals surface area (Å²) in [5, 5.41) is 9.38. The van der Waals surface area contributed by atoms with Gasteiger partial charge < -0.3 is 14.4 Å². The van der Waals surface area contributed by atoms with E-state index < -0.39 is 17.7 Å². The molecule has 1 aliphatic heterocycles. The van der Waals surface area contributed by atoms with Gasteiger partial charge in [-0.2, -0.15) is 0 Å². The van der Waals surface area contributed by atoms with E-state index in [-0.39, 0.29) is 17.9 Å². The van der Waals surface area contributed by atoms with E-state index in [2.05, 4.69) is 0 Å². The summed E-state index contributed by atoms with van der Waals surface area (Å²) in [6, 6.07) is 5.95. The van der Waals surface area contributed by atoms with E-state index in [1.54, 1.807) is 0 Å². The fourth-order valence-corrected chi connectivity index (χ4v) is 2.41. The van der Waals surface area contributed by atoms with E-state index in [4.69, 9.17) is 21.1 Å². The van der Waals surface area contributed by atoms with Gasteiger partial charge in [-0.05, 0) is 24.3 Å². The Morgan fingerprint density at radius 3 is 2.76 bits per heavy atom. The van der Waals surface area contributed by atoms with Crippen LogP contribution in [0, 0.1) is 0 Å². The van der Waals surface area contributed by atoms with Crippen molar-refractivity contribution in [2.45, 2.75) is 6.54 Å². The fraction of sp³-hybridized carbons (Fsp3) is 0.0714. The SMILES string of the molecule is O=C1C(=O)N(Cc2ccoc2C(=O)O)c2cc(Cl)ccc21. The molecule has 3 rings (SSSR count). The molecule has 0 fully saturated rings. The zero-order valence-electron chi connectivity index (χ0n) is 10.5. The molecule has 0 saturated heterocycles. The lowest BCUT2D eigenvalue weighted by Gasteiger charge is -2.16. The van der Waals surface area contributed by atoms with E-state index >= 15 is 0 Å². The number of ketones is 1. The molecule has 2 aromatic rings. The van der Waals surface area contributed by atoms with Gasteiger partial charge in [-0.1, -0.05) is 11.6 Å². The second-order valence-electron chi connectivity index (χ2n) is 4.46. The second kappa shape index (κ2) is 4.75. The van der Waals surface area contributed by atoms with Crippen LogP contribution in [-0.2, 0) is 11.3 Å². The number of carbonyl (C=O) groups is 3. The van der Waals surface area contributed by atoms with Gasteiger partial charge in [0.2, 0.25) is 5.76 Å². The lowest BCUT2D eigenvalue weighted by Crippen LogP contribution is -2.29. The van der Waals surface area contributed by atoms with Gasteiger partial charge in [0.15, 0.2) is 0 Å². The number of furan rings is 1. The average Bonchev–Trinajstić information content (AvgIpc) is 2.99. The van der Waals surface area contributed by atoms with Crippen molar-refractivity contribution in [3.8, 4) is 0 Å². The molecule has 0 saturated carbocycles. The Labute approximate surface area is 123 Å². The van der Waals surface area contributed by atoms with Crippen LogP contribution in [0.4, 0.5) is 5.69 Å². The number of anilines is 1. The number of nitrogens with zero attached hydrogens (tertiary/aromatic N) is 1. The minimum atomic E-state index is -1.24. The van der Waals surface area contributed by atoms with Gasteiger partial charge in [0, 0.05) is 10.6 Å². The molecule has 1 aromatic heterocycles. The van der Waals surface area contributed by atoms with Gasteiger partial charge in [0.05, 0.1) is 24.1 Å². The predicted octanol–water partition coefficient (Wildman–Crippen LogP) is 2.36. The molecular weight excluding hydrogens is 298 g/mol. The van der Waals surface area contributed by atoms with Crippen molar-refractivity contribution in [2.75, 3.05) is 4.90 Å². The van der Waals surface area contributed by atoms with E-state index in [0.717, 1.165) is 0 Å². The Bertz CT molecular complexity index is 779. The van der Waals surface area contributed by atoms with Gasteiger partial charge >= 0.3 is 5.97 Å². The molecule has 1 amide bonds. The molecule has 6 nitrogen and oxygen atoms in total. The van der Waals surface area contributed by atoms with Crippen molar-refractivity contribution in [3.05, 3.63) is 52.4 Å². The molecule has 1 N–H and O–H groups in total. The van der Waals surface area contributed by atoms with Crippen molar-refractivity contribution in [1.82, 2.24) is 0 Å². The Balaban J connectivity index is 2.02. The minimum Gasteiger partial charge on any atom is -0.475 e. The Morgan fingerprint density at radius 1 is 1.29 bits per heavy atom. The van der Waals surface area contributed by atoms with Crippen molar-refractivity contribution in [1.29, 1.82) is 0 Å². The molecule has 106 valence electrons. The van der Waals surface area contributed by atoms with Crippen LogP contribution in [0.1, 0.15) is 26.5 Å². The number of carboxylic acids is 1. The summed E-state index contributed by atoms with van der Waals surface area (Å²) in [5.74, 6) is -2.85. The molecule has 21 heavy (non-hydrogen) atoms. The monoisotopic (exact) mass is 305 g/mol. The molecule has 0 bridgehead atoms. The number of benzene rings is 1. The molecular formula is C14H8ClNO5. The van der Waals surface area contributed by atoms with Crippen LogP contribution in [-0.4, -0.2) is 22.8 Å². The number of rotatable bonds is 3. The van der Waals surface area contributed by atoms with Crippen LogP contribution in [0.15, 0.2) is 34.9 Å². The topological polar surface area (TPSA) is 87.8 Å². The van der Waals surface area contributed by atoms with E-state index in [1.165, 1.54) is 35.4 Å². The summed E-state index contributed by atoms with van der Waals surface area (Å²) >= 11 is 5.89. The molecule has 0 spiro atoms. The molecule has 1 aromatic carbocycles. The van der Waals surface area contributed by atoms with E-state index in [1.807, 2.05) is 0 Å². The summed E-state index contributed by atoms with van der Waals surface area (Å²) < 4.78 is 4.86. The fourth-order valence-electron chi connectivity index (χ4n) is 2.24. The van der Waals surface area contributed by atoms with Crippen molar-refractivity contribution >= 4 is 34.9 Å². The largest absolute Gasteiger partial charge is 0.475 e. The van der Waals surface area contributed by atoms with Crippen molar-refractivity contribution in [3.63, 3.8) is 0 Å². The van der Waals surface area contributed by atoms with Crippen LogP contribution in [0.25, 0.3) is 0 Å². The molecule has 0 aliphatic carbocycles. The van der Waals surface area contributed by atoms with Crippen LogP contribution < -0.4 is 4.90 Å². The highest BCUT2D eigenvalue weighted by Crippen LogP contribution is 2.33. The zero-order chi connectivity index (χ0) is 15.1. The molecule has 0 radical (unpaired) electrons. The van der Waals surface area contributed by atoms with Gasteiger partial charge in [-0.3, -0.25) is 9.59 Å². The summed E-state index contributed by atoms with van der Waals surface area (Å²) in [7, 11) is 0. The number of hydrogen-bond acceptors (Lipinski definition) is 4. The normalized spacial score (nSPS) is 13.7. The number of halogens is 1. The van der Waals surface area contributed by atoms with Gasteiger partial charge in [0.25, 0.3) is 11.7 Å². The summed E-state index contributed by atoms with van der Waals surface area (Å²) in [6.45, 7) is -0.0734. The number of carboxylic acid groups (broad SMARTS) is 1. The predicted molar refractivity (Wildman–Crippen MR) is 72.6 cm³/mol. The maximum absolute atomic E-state index is 12.0. The maximum Gasteiger partial charge on any atom is 0.372 e. The van der Waals surface area contributed by atoms with Crippen LogP contribution in [0.2, 0.25) is 5.02 Å². The average molecular weight is 306 g/mol. The standard InChI is InChI=1S/C14H8ClNO5/c15-8-1-2-9-10(5-8)16(13(18)11(9)17)6-7-3-4-21-12(7)14(19)20/h1-5H,6H2,(H,19,20). The summed E-state index contributed by atoms with van der Waals surface area (Å²) in [6.07, 6.45) is 1.22. The minimum absolute atomic E-state index is 0.0734. The number of carbonyl (C=O) groups excluding carboxylic acids is 2. The first-order chi connectivity index (χ1) is 9.99. The third-order valence-electron chi connectivity index (χ3n) is 3.20. The third kappa shape index (κ3) is 2.09. The third-order valence-corrected chi connectivity index (χ3v) is 3.44. The Morgan fingerprint density at radius 2 is 2.05 bits per heavy atom. The highest BCUT2D eigenvalue weighted by atomic mass is 35.5. The Hall–Kier alpha value is -2.60. The van der Waals surface area contributed by atoms with Gasteiger partial charge in [0.1, 0.15) is 0 Å². The van der Waals surface area contributed by atoms with Gasteiger partial charge in [-0.15, -0.1) is 0 Å². The highest BCUT2D eigenvalue weighted by Gasteiger charge is 2.36. The number of amides is 1. The summed E-state index contributed by atoms with van der Waals surface area (Å²) in [4.78, 5) is 36.1. The molecule has 0 unspecified atom stereocenters. The van der Waals surface area contributed by atoms with Crippen LogP contribution >= 0.6 is 11.6 Å². The number of Topliss-reactive ketones (excluding diaryl/α,β-unsaturated/α-hetero) is 1. The zero-order valence-corrected chi connectivity index (χ0v) is 11.3. The van der Waals surface area contributed by atoms with Gasteiger partial charge in [-0.25, -0.2) is 4.79 Å². The molecule has 2 heterocycles. The molecule has 7 heteroatoms. The Kier molecular flexibility index (Phi) is 3.03. The summed E-state index contributed by atoms with van der Waals surface area (Å²) in [5.41, 5.74) is 0.927. The smallest absolute Gasteiger partial charge is 0.372 e.